The molecule has 0 bridgehead atoms. The van der Waals surface area contributed by atoms with Crippen molar-refractivity contribution in [2.24, 2.45) is 0 Å². The summed E-state index contributed by atoms with van der Waals surface area (Å²) in [7, 11) is 0. The van der Waals surface area contributed by atoms with Gasteiger partial charge in [0, 0.05) is 62.8 Å². The number of nitrogens with one attached hydrogen (secondary N) is 1. The topological polar surface area (TPSA) is 74.2 Å². The van der Waals surface area contributed by atoms with E-state index in [9.17, 15) is 4.79 Å². The highest BCUT2D eigenvalue weighted by molar-refractivity contribution is 7.98. The van der Waals surface area contributed by atoms with E-state index in [0.717, 1.165) is 60.6 Å². The minimum atomic E-state index is 0.0855. The first-order valence-corrected chi connectivity index (χ1v) is 11.7. The maximum Gasteiger partial charge on any atom is 0.220 e. The number of anilines is 1. The Kier molecular flexibility index (Phi) is 8.04. The fourth-order valence-electron chi connectivity index (χ4n) is 3.88. The molecule has 1 saturated heterocycles. The summed E-state index contributed by atoms with van der Waals surface area (Å²) in [6, 6.07) is 6.15. The Bertz CT molecular complexity index is 816. The largest absolute Gasteiger partial charge is 0.354 e. The molecule has 3 heterocycles. The van der Waals surface area contributed by atoms with E-state index < -0.39 is 0 Å². The van der Waals surface area contributed by atoms with Gasteiger partial charge in [0.1, 0.15) is 5.82 Å². The van der Waals surface area contributed by atoms with Crippen LogP contribution in [0, 0.1) is 13.8 Å². The van der Waals surface area contributed by atoms with E-state index >= 15 is 0 Å². The monoisotopic (exact) mass is 428 g/mol. The molecule has 30 heavy (non-hydrogen) atoms. The molecule has 0 aliphatic carbocycles. The van der Waals surface area contributed by atoms with E-state index in [1.54, 1.807) is 11.8 Å². The van der Waals surface area contributed by atoms with E-state index in [4.69, 9.17) is 0 Å². The van der Waals surface area contributed by atoms with Gasteiger partial charge in [0.05, 0.1) is 0 Å². The van der Waals surface area contributed by atoms with Crippen molar-refractivity contribution in [2.45, 2.75) is 44.8 Å². The number of nitrogens with zero attached hydrogens (tertiary/aromatic N) is 5. The van der Waals surface area contributed by atoms with Gasteiger partial charge < -0.3 is 10.2 Å². The molecule has 1 aliphatic heterocycles. The second-order valence-corrected chi connectivity index (χ2v) is 8.58. The van der Waals surface area contributed by atoms with Crippen LogP contribution in [0.25, 0.3) is 0 Å². The molecule has 1 amide bonds. The fourth-order valence-corrected chi connectivity index (χ4v) is 4.34. The zero-order valence-electron chi connectivity index (χ0n) is 18.4. The number of carbonyl (C=O) groups excluding carboxylic acids is 1. The normalized spacial score (nSPS) is 15.8. The van der Waals surface area contributed by atoms with Crippen LogP contribution in [0.5, 0.6) is 0 Å². The summed E-state index contributed by atoms with van der Waals surface area (Å²) in [5, 5.41) is 3.94. The predicted molar refractivity (Wildman–Crippen MR) is 122 cm³/mol. The van der Waals surface area contributed by atoms with Crippen molar-refractivity contribution in [2.75, 3.05) is 43.9 Å². The molecule has 1 atom stereocenters. The van der Waals surface area contributed by atoms with Crippen LogP contribution in [0.3, 0.4) is 0 Å². The molecular formula is C22H32N6OS. The molecule has 162 valence electrons. The van der Waals surface area contributed by atoms with Crippen molar-refractivity contribution >= 4 is 23.5 Å². The quantitative estimate of drug-likeness (QED) is 0.511. The number of aryl methyl sites for hydroxylation is 2. The summed E-state index contributed by atoms with van der Waals surface area (Å²) in [6.45, 7) is 10.8. The molecule has 3 rings (SSSR count). The van der Waals surface area contributed by atoms with E-state index in [2.05, 4.69) is 43.1 Å². The Morgan fingerprint density at radius 1 is 1.17 bits per heavy atom. The van der Waals surface area contributed by atoms with Crippen molar-refractivity contribution in [3.05, 3.63) is 41.3 Å². The van der Waals surface area contributed by atoms with Gasteiger partial charge in [0.15, 0.2) is 5.16 Å². The Balaban J connectivity index is 1.41. The highest BCUT2D eigenvalue weighted by Gasteiger charge is 2.20. The number of piperazine rings is 1. The van der Waals surface area contributed by atoms with E-state index in [-0.39, 0.29) is 11.9 Å². The molecule has 0 spiro atoms. The molecule has 7 nitrogen and oxygen atoms in total. The maximum absolute atomic E-state index is 12.5. The lowest BCUT2D eigenvalue weighted by Crippen LogP contribution is -2.51. The minimum absolute atomic E-state index is 0.0855. The summed E-state index contributed by atoms with van der Waals surface area (Å²) in [6.07, 6.45) is 4.95. The third-order valence-corrected chi connectivity index (χ3v) is 6.02. The van der Waals surface area contributed by atoms with Gasteiger partial charge in [-0.3, -0.25) is 9.69 Å². The lowest BCUT2D eigenvalue weighted by atomic mass is 10.1. The molecular weight excluding hydrogens is 396 g/mol. The first kappa shape index (κ1) is 22.5. The summed E-state index contributed by atoms with van der Waals surface area (Å²) < 4.78 is 0. The van der Waals surface area contributed by atoms with Crippen molar-refractivity contribution < 1.29 is 4.79 Å². The van der Waals surface area contributed by atoms with Gasteiger partial charge in [-0.25, -0.2) is 15.0 Å². The van der Waals surface area contributed by atoms with Gasteiger partial charge >= 0.3 is 0 Å². The highest BCUT2D eigenvalue weighted by atomic mass is 32.2. The molecule has 2 aromatic heterocycles. The van der Waals surface area contributed by atoms with Crippen LogP contribution in [0.2, 0.25) is 0 Å². The molecule has 1 aliphatic rings. The fraction of sp³-hybridized carbons (Fsp3) is 0.545. The van der Waals surface area contributed by atoms with Crippen LogP contribution >= 0.6 is 11.8 Å². The van der Waals surface area contributed by atoms with E-state index in [0.29, 0.717) is 12.8 Å². The van der Waals surface area contributed by atoms with Crippen molar-refractivity contribution in [3.63, 3.8) is 0 Å². The molecule has 8 heteroatoms. The van der Waals surface area contributed by atoms with Gasteiger partial charge in [-0.1, -0.05) is 17.8 Å². The Morgan fingerprint density at radius 2 is 1.87 bits per heavy atom. The first-order chi connectivity index (χ1) is 14.5. The SMILES string of the molecule is CSc1nc(C)c(CCC(=O)NC(C)CN2CCN(c3ccccn3)CC2)c(C)n1. The molecule has 1 fully saturated rings. The number of rotatable bonds is 8. The van der Waals surface area contributed by atoms with E-state index in [1.807, 2.05) is 38.4 Å². The number of aromatic nitrogens is 3. The Morgan fingerprint density at radius 3 is 2.47 bits per heavy atom. The van der Waals surface area contributed by atoms with Gasteiger partial charge in [-0.15, -0.1) is 0 Å². The molecule has 2 aromatic rings. The lowest BCUT2D eigenvalue weighted by Gasteiger charge is -2.36. The third kappa shape index (κ3) is 6.15. The maximum atomic E-state index is 12.5. The lowest BCUT2D eigenvalue weighted by molar-refractivity contribution is -0.121. The first-order valence-electron chi connectivity index (χ1n) is 10.5. The van der Waals surface area contributed by atoms with Crippen LogP contribution in [0.15, 0.2) is 29.6 Å². The van der Waals surface area contributed by atoms with Gasteiger partial charge in [0.25, 0.3) is 0 Å². The van der Waals surface area contributed by atoms with Crippen LogP contribution in [-0.4, -0.2) is 70.8 Å². The van der Waals surface area contributed by atoms with Crippen LogP contribution < -0.4 is 10.2 Å². The number of carbonyl (C=O) groups is 1. The molecule has 0 saturated carbocycles. The van der Waals surface area contributed by atoms with Gasteiger partial charge in [-0.2, -0.15) is 0 Å². The number of hydrogen-bond donors (Lipinski definition) is 1. The number of thioether (sulfide) groups is 1. The number of hydrogen-bond acceptors (Lipinski definition) is 7. The van der Waals surface area contributed by atoms with Crippen LogP contribution in [0.4, 0.5) is 5.82 Å². The summed E-state index contributed by atoms with van der Waals surface area (Å²) >= 11 is 1.54. The Labute approximate surface area is 183 Å². The van der Waals surface area contributed by atoms with Gasteiger partial charge in [0.2, 0.25) is 5.91 Å². The number of pyridine rings is 1. The van der Waals surface area contributed by atoms with Crippen molar-refractivity contribution in [3.8, 4) is 0 Å². The number of amides is 1. The summed E-state index contributed by atoms with van der Waals surface area (Å²) in [4.78, 5) is 30.6. The smallest absolute Gasteiger partial charge is 0.220 e. The predicted octanol–water partition coefficient (Wildman–Crippen LogP) is 2.47. The zero-order valence-corrected chi connectivity index (χ0v) is 19.2. The van der Waals surface area contributed by atoms with Crippen molar-refractivity contribution in [1.29, 1.82) is 0 Å². The zero-order chi connectivity index (χ0) is 21.5. The average Bonchev–Trinajstić information content (AvgIpc) is 2.74. The second kappa shape index (κ2) is 10.7. The standard InChI is InChI=1S/C22H32N6OS/c1-16(15-27-11-13-28(14-12-27)20-7-5-6-10-23-20)24-21(29)9-8-19-17(2)25-22(30-4)26-18(19)3/h5-7,10,16H,8-9,11-15H2,1-4H3,(H,24,29). The molecule has 1 unspecified atom stereocenters. The molecule has 0 aromatic carbocycles. The van der Waals surface area contributed by atoms with E-state index in [1.165, 1.54) is 0 Å². The Hall–Kier alpha value is -2.19. The minimum Gasteiger partial charge on any atom is -0.354 e. The summed E-state index contributed by atoms with van der Waals surface area (Å²) in [5.41, 5.74) is 3.03. The highest BCUT2D eigenvalue weighted by Crippen LogP contribution is 2.17. The van der Waals surface area contributed by atoms with Crippen LogP contribution in [0.1, 0.15) is 30.3 Å². The molecule has 1 N–H and O–H groups in total. The third-order valence-electron chi connectivity index (χ3n) is 5.47. The average molecular weight is 429 g/mol. The van der Waals surface area contributed by atoms with Crippen molar-refractivity contribution in [1.82, 2.24) is 25.2 Å². The molecule has 0 radical (unpaired) electrons. The summed E-state index contributed by atoms with van der Waals surface area (Å²) in [5.74, 6) is 1.13. The second-order valence-electron chi connectivity index (χ2n) is 7.80. The van der Waals surface area contributed by atoms with Gasteiger partial charge in [-0.05, 0) is 51.1 Å². The van der Waals surface area contributed by atoms with Crippen LogP contribution in [-0.2, 0) is 11.2 Å².